The summed E-state index contributed by atoms with van der Waals surface area (Å²) >= 11 is 0. The highest BCUT2D eigenvalue weighted by atomic mass is 16.7. The van der Waals surface area contributed by atoms with E-state index in [-0.39, 0.29) is 0 Å². The van der Waals surface area contributed by atoms with Gasteiger partial charge in [0.05, 0.1) is 0 Å². The molecule has 0 aromatic heterocycles. The van der Waals surface area contributed by atoms with Crippen LogP contribution in [0.1, 0.15) is 0 Å². The average molecular weight is 210 g/mol. The Balaban J connectivity index is 2.28. The molecule has 15 heavy (non-hydrogen) atoms. The van der Waals surface area contributed by atoms with E-state index in [0.29, 0.717) is 5.69 Å². The third-order valence-electron chi connectivity index (χ3n) is 1.39. The number of carbonyl (C=O) groups is 2. The van der Waals surface area contributed by atoms with Crippen molar-refractivity contribution in [2.75, 3.05) is 11.9 Å². The van der Waals surface area contributed by atoms with Crippen molar-refractivity contribution >= 4 is 17.7 Å². The average Bonchev–Trinajstić information content (AvgIpc) is 2.18. The fraction of sp³-hybridized carbons (Fsp3) is 0.111. The standard InChI is InChI=1S/C9H10N2O4/c12-8(13)6-15-11-9(14)10-7-4-2-1-3-5-7/h1-5H,6H2,(H,12,13)(H2,10,11,14). The van der Waals surface area contributed by atoms with E-state index in [1.807, 2.05) is 11.5 Å². The van der Waals surface area contributed by atoms with E-state index in [1.165, 1.54) is 0 Å². The lowest BCUT2D eigenvalue weighted by Gasteiger charge is -2.05. The lowest BCUT2D eigenvalue weighted by atomic mass is 10.3. The van der Waals surface area contributed by atoms with Gasteiger partial charge in [-0.3, -0.25) is 4.84 Å². The molecule has 1 rings (SSSR count). The predicted octanol–water partition coefficient (Wildman–Crippen LogP) is 0.824. The molecule has 0 heterocycles. The molecule has 6 nitrogen and oxygen atoms in total. The zero-order valence-corrected chi connectivity index (χ0v) is 7.77. The van der Waals surface area contributed by atoms with Gasteiger partial charge in [-0.05, 0) is 12.1 Å². The van der Waals surface area contributed by atoms with E-state index in [2.05, 4.69) is 10.2 Å². The number of carboxylic acid groups (broad SMARTS) is 1. The molecule has 1 aromatic rings. The largest absolute Gasteiger partial charge is 0.479 e. The van der Waals surface area contributed by atoms with Crippen molar-refractivity contribution in [3.05, 3.63) is 30.3 Å². The topological polar surface area (TPSA) is 87.7 Å². The normalized spacial score (nSPS) is 9.33. The van der Waals surface area contributed by atoms with E-state index in [9.17, 15) is 9.59 Å². The van der Waals surface area contributed by atoms with E-state index >= 15 is 0 Å². The third-order valence-corrected chi connectivity index (χ3v) is 1.39. The molecule has 3 N–H and O–H groups in total. The van der Waals surface area contributed by atoms with Crippen molar-refractivity contribution in [3.8, 4) is 0 Å². The summed E-state index contributed by atoms with van der Waals surface area (Å²) in [4.78, 5) is 25.5. The van der Waals surface area contributed by atoms with Crippen LogP contribution < -0.4 is 10.8 Å². The smallest absolute Gasteiger partial charge is 0.343 e. The zero-order chi connectivity index (χ0) is 11.1. The molecule has 0 aliphatic rings. The molecular formula is C9H10N2O4. The number of benzene rings is 1. The number of urea groups is 1. The molecule has 0 saturated carbocycles. The van der Waals surface area contributed by atoms with Crippen LogP contribution in [0.3, 0.4) is 0 Å². The molecular weight excluding hydrogens is 200 g/mol. The summed E-state index contributed by atoms with van der Waals surface area (Å²) in [5.74, 6) is -1.16. The first-order valence-corrected chi connectivity index (χ1v) is 4.14. The van der Waals surface area contributed by atoms with Gasteiger partial charge in [-0.15, -0.1) is 0 Å². The molecule has 0 aliphatic carbocycles. The Bertz CT molecular complexity index is 339. The molecule has 0 spiro atoms. The van der Waals surface area contributed by atoms with Crippen molar-refractivity contribution in [1.29, 1.82) is 0 Å². The number of rotatable bonds is 4. The molecule has 0 atom stereocenters. The van der Waals surface area contributed by atoms with Gasteiger partial charge >= 0.3 is 12.0 Å². The van der Waals surface area contributed by atoms with Crippen LogP contribution in [0, 0.1) is 0 Å². The number of hydrogen-bond donors (Lipinski definition) is 3. The summed E-state index contributed by atoms with van der Waals surface area (Å²) in [5.41, 5.74) is 2.52. The Morgan fingerprint density at radius 2 is 1.93 bits per heavy atom. The van der Waals surface area contributed by atoms with E-state index < -0.39 is 18.6 Å². The van der Waals surface area contributed by atoms with Gasteiger partial charge in [0, 0.05) is 5.69 Å². The van der Waals surface area contributed by atoms with Gasteiger partial charge in [0.15, 0.2) is 6.61 Å². The van der Waals surface area contributed by atoms with Crippen LogP contribution in [0.15, 0.2) is 30.3 Å². The highest BCUT2D eigenvalue weighted by Crippen LogP contribution is 2.03. The monoisotopic (exact) mass is 210 g/mol. The van der Waals surface area contributed by atoms with Crippen molar-refractivity contribution in [2.45, 2.75) is 0 Å². The highest BCUT2D eigenvalue weighted by molar-refractivity contribution is 5.88. The van der Waals surface area contributed by atoms with E-state index in [4.69, 9.17) is 5.11 Å². The number of aliphatic carboxylic acids is 1. The molecule has 0 bridgehead atoms. The van der Waals surface area contributed by atoms with Gasteiger partial charge in [-0.25, -0.2) is 15.1 Å². The van der Waals surface area contributed by atoms with E-state index in [0.717, 1.165) is 0 Å². The van der Waals surface area contributed by atoms with Crippen LogP contribution in [0.4, 0.5) is 10.5 Å². The van der Waals surface area contributed by atoms with Crippen molar-refractivity contribution in [2.24, 2.45) is 0 Å². The minimum atomic E-state index is -1.16. The van der Waals surface area contributed by atoms with Crippen LogP contribution >= 0.6 is 0 Å². The third kappa shape index (κ3) is 4.63. The van der Waals surface area contributed by atoms with Crippen LogP contribution in [0.5, 0.6) is 0 Å². The lowest BCUT2D eigenvalue weighted by molar-refractivity contribution is -0.143. The summed E-state index contributed by atoms with van der Waals surface area (Å²) in [6.07, 6.45) is 0. The number of para-hydroxylation sites is 1. The van der Waals surface area contributed by atoms with Gasteiger partial charge in [-0.1, -0.05) is 18.2 Å². The maximum Gasteiger partial charge on any atom is 0.343 e. The fourth-order valence-electron chi connectivity index (χ4n) is 0.841. The summed E-state index contributed by atoms with van der Waals surface area (Å²) in [6, 6.07) is 8.08. The first kappa shape index (κ1) is 11.0. The number of carbonyl (C=O) groups excluding carboxylic acids is 1. The number of anilines is 1. The Labute approximate surface area is 85.8 Å². The minimum Gasteiger partial charge on any atom is -0.479 e. The number of amides is 2. The quantitative estimate of drug-likeness (QED) is 0.642. The van der Waals surface area contributed by atoms with Crippen LogP contribution in [0.2, 0.25) is 0 Å². The summed E-state index contributed by atoms with van der Waals surface area (Å²) in [6.45, 7) is -0.581. The number of nitrogens with one attached hydrogen (secondary N) is 2. The molecule has 0 fully saturated rings. The Morgan fingerprint density at radius 3 is 2.53 bits per heavy atom. The second-order valence-corrected chi connectivity index (χ2v) is 2.60. The predicted molar refractivity (Wildman–Crippen MR) is 52.2 cm³/mol. The zero-order valence-electron chi connectivity index (χ0n) is 7.77. The minimum absolute atomic E-state index is 0.581. The molecule has 0 radical (unpaired) electrons. The summed E-state index contributed by atoms with van der Waals surface area (Å²) < 4.78 is 0. The van der Waals surface area contributed by atoms with Crippen LogP contribution in [-0.4, -0.2) is 23.7 Å². The van der Waals surface area contributed by atoms with Crippen molar-refractivity contribution < 1.29 is 19.5 Å². The van der Waals surface area contributed by atoms with Gasteiger partial charge in [-0.2, -0.15) is 0 Å². The maximum absolute atomic E-state index is 11.1. The molecule has 0 saturated heterocycles. The first-order chi connectivity index (χ1) is 7.18. The van der Waals surface area contributed by atoms with Gasteiger partial charge in [0.1, 0.15) is 0 Å². The Kier molecular flexibility index (Phi) is 4.11. The van der Waals surface area contributed by atoms with Gasteiger partial charge < -0.3 is 10.4 Å². The lowest BCUT2D eigenvalue weighted by Crippen LogP contribution is -2.30. The SMILES string of the molecule is O=C(O)CONC(=O)Nc1ccccc1. The second kappa shape index (κ2) is 5.61. The van der Waals surface area contributed by atoms with Gasteiger partial charge in [0.25, 0.3) is 0 Å². The number of carboxylic acids is 1. The molecule has 6 heteroatoms. The van der Waals surface area contributed by atoms with Gasteiger partial charge in [0.2, 0.25) is 0 Å². The first-order valence-electron chi connectivity index (χ1n) is 4.14. The molecule has 2 amide bonds. The summed E-state index contributed by atoms with van der Waals surface area (Å²) in [5, 5.41) is 10.7. The summed E-state index contributed by atoms with van der Waals surface area (Å²) in [7, 11) is 0. The van der Waals surface area contributed by atoms with E-state index in [1.54, 1.807) is 24.3 Å². The number of hydrogen-bond acceptors (Lipinski definition) is 3. The van der Waals surface area contributed by atoms with Crippen molar-refractivity contribution in [3.63, 3.8) is 0 Å². The second-order valence-electron chi connectivity index (χ2n) is 2.60. The molecule has 1 aromatic carbocycles. The Hall–Kier alpha value is -2.08. The van der Waals surface area contributed by atoms with Crippen LogP contribution in [-0.2, 0) is 9.63 Å². The number of hydroxylamine groups is 1. The Morgan fingerprint density at radius 1 is 1.27 bits per heavy atom. The van der Waals surface area contributed by atoms with Crippen molar-refractivity contribution in [1.82, 2.24) is 5.48 Å². The maximum atomic E-state index is 11.1. The van der Waals surface area contributed by atoms with Crippen LogP contribution in [0.25, 0.3) is 0 Å². The highest BCUT2D eigenvalue weighted by Gasteiger charge is 2.02. The molecule has 0 aliphatic heterocycles. The molecule has 80 valence electrons. The fourth-order valence-corrected chi connectivity index (χ4v) is 0.841. The molecule has 0 unspecified atom stereocenters.